The number of rotatable bonds is 4. The number of hydrogen-bond donors (Lipinski definition) is 1. The van der Waals surface area contributed by atoms with Crippen LogP contribution < -0.4 is 5.32 Å². The number of urea groups is 1. The second-order valence-corrected chi connectivity index (χ2v) is 4.51. The van der Waals surface area contributed by atoms with Crippen molar-refractivity contribution < 1.29 is 9.59 Å². The zero-order valence-electron chi connectivity index (χ0n) is 11.8. The molecule has 0 saturated carbocycles. The predicted octanol–water partition coefficient (Wildman–Crippen LogP) is 0.872. The van der Waals surface area contributed by atoms with Gasteiger partial charge in [0.05, 0.1) is 12.6 Å². The first-order valence-corrected chi connectivity index (χ1v) is 6.04. The van der Waals surface area contributed by atoms with Crippen molar-refractivity contribution in [3.63, 3.8) is 0 Å². The number of nitrogens with one attached hydrogen (secondary N) is 1. The third-order valence-corrected chi connectivity index (χ3v) is 2.96. The molecule has 1 N–H and O–H groups in total. The Bertz CT molecular complexity index is 434. The van der Waals surface area contributed by atoms with Crippen molar-refractivity contribution in [3.05, 3.63) is 30.1 Å². The largest absolute Gasteiger partial charge is 0.337 e. The molecule has 0 aliphatic carbocycles. The minimum Gasteiger partial charge on any atom is -0.337 e. The van der Waals surface area contributed by atoms with E-state index in [1.54, 1.807) is 38.4 Å². The van der Waals surface area contributed by atoms with Crippen molar-refractivity contribution in [3.8, 4) is 0 Å². The highest BCUT2D eigenvalue weighted by molar-refractivity contribution is 5.83. The van der Waals surface area contributed by atoms with E-state index in [1.807, 2.05) is 19.1 Å². The monoisotopic (exact) mass is 264 g/mol. The summed E-state index contributed by atoms with van der Waals surface area (Å²) in [6.45, 7) is 1.92. The van der Waals surface area contributed by atoms with Gasteiger partial charge in [0.2, 0.25) is 5.91 Å². The maximum absolute atomic E-state index is 12.0. The highest BCUT2D eigenvalue weighted by atomic mass is 16.2. The van der Waals surface area contributed by atoms with Crippen molar-refractivity contribution >= 4 is 11.9 Å². The zero-order valence-corrected chi connectivity index (χ0v) is 11.8. The molecule has 6 heteroatoms. The molecule has 0 aliphatic heterocycles. The number of carbonyl (C=O) groups is 2. The lowest BCUT2D eigenvalue weighted by Crippen LogP contribution is -2.42. The fraction of sp³-hybridized carbons (Fsp3) is 0.462. The Labute approximate surface area is 113 Å². The fourth-order valence-electron chi connectivity index (χ4n) is 1.52. The molecule has 1 rings (SSSR count). The number of likely N-dealkylation sites (N-methyl/N-ethyl adjacent to an activating group) is 1. The summed E-state index contributed by atoms with van der Waals surface area (Å²) in [4.78, 5) is 30.2. The Balaban J connectivity index is 2.55. The highest BCUT2D eigenvalue weighted by Crippen LogP contribution is 2.17. The van der Waals surface area contributed by atoms with Gasteiger partial charge in [0.15, 0.2) is 0 Å². The molecule has 1 heterocycles. The van der Waals surface area contributed by atoms with Gasteiger partial charge in [-0.2, -0.15) is 0 Å². The van der Waals surface area contributed by atoms with Crippen molar-refractivity contribution in [1.82, 2.24) is 20.1 Å². The van der Waals surface area contributed by atoms with E-state index in [4.69, 9.17) is 0 Å². The first kappa shape index (κ1) is 14.9. The first-order valence-electron chi connectivity index (χ1n) is 6.04. The molecule has 3 amide bonds. The zero-order chi connectivity index (χ0) is 14.4. The molecule has 1 aromatic heterocycles. The van der Waals surface area contributed by atoms with Crippen LogP contribution in [0.25, 0.3) is 0 Å². The van der Waals surface area contributed by atoms with Crippen LogP contribution in [-0.4, -0.2) is 54.4 Å². The predicted molar refractivity (Wildman–Crippen MR) is 72.5 cm³/mol. The summed E-state index contributed by atoms with van der Waals surface area (Å²) in [5.74, 6) is -0.139. The van der Waals surface area contributed by atoms with Gasteiger partial charge in [-0.05, 0) is 24.6 Å². The summed E-state index contributed by atoms with van der Waals surface area (Å²) in [5.41, 5.74) is 1.00. The average Bonchev–Trinajstić information content (AvgIpc) is 2.43. The lowest BCUT2D eigenvalue weighted by Gasteiger charge is -2.25. The Hall–Kier alpha value is -2.11. The lowest BCUT2D eigenvalue weighted by atomic mass is 10.1. The average molecular weight is 264 g/mol. The molecule has 0 unspecified atom stereocenters. The lowest BCUT2D eigenvalue weighted by molar-refractivity contribution is -0.130. The molecule has 1 atom stereocenters. The first-order chi connectivity index (χ1) is 8.93. The molecule has 0 aromatic carbocycles. The van der Waals surface area contributed by atoms with Crippen LogP contribution in [0.15, 0.2) is 24.5 Å². The topological polar surface area (TPSA) is 65.5 Å². The highest BCUT2D eigenvalue weighted by Gasteiger charge is 2.17. The number of amides is 3. The van der Waals surface area contributed by atoms with E-state index in [0.29, 0.717) is 0 Å². The molecule has 0 spiro atoms. The minimum absolute atomic E-state index is 0.0110. The van der Waals surface area contributed by atoms with Gasteiger partial charge in [0.25, 0.3) is 0 Å². The van der Waals surface area contributed by atoms with Gasteiger partial charge in [-0.3, -0.25) is 9.78 Å². The van der Waals surface area contributed by atoms with Gasteiger partial charge in [-0.25, -0.2) is 4.79 Å². The van der Waals surface area contributed by atoms with Crippen molar-refractivity contribution in [2.45, 2.75) is 13.0 Å². The van der Waals surface area contributed by atoms with Gasteiger partial charge in [-0.15, -0.1) is 0 Å². The van der Waals surface area contributed by atoms with E-state index in [2.05, 4.69) is 10.3 Å². The molecule has 104 valence electrons. The molecule has 6 nitrogen and oxygen atoms in total. The van der Waals surface area contributed by atoms with Crippen LogP contribution in [-0.2, 0) is 4.79 Å². The van der Waals surface area contributed by atoms with Crippen molar-refractivity contribution in [1.29, 1.82) is 0 Å². The van der Waals surface area contributed by atoms with E-state index in [1.165, 1.54) is 4.90 Å². The Morgan fingerprint density at radius 1 is 1.26 bits per heavy atom. The quantitative estimate of drug-likeness (QED) is 0.877. The van der Waals surface area contributed by atoms with Crippen LogP contribution in [0.4, 0.5) is 4.79 Å². The maximum atomic E-state index is 12.0. The molecular weight excluding hydrogens is 244 g/mol. The van der Waals surface area contributed by atoms with Gasteiger partial charge in [-0.1, -0.05) is 0 Å². The number of nitrogens with zero attached hydrogens (tertiary/aromatic N) is 3. The van der Waals surface area contributed by atoms with Gasteiger partial charge in [0, 0.05) is 33.5 Å². The van der Waals surface area contributed by atoms with Crippen LogP contribution in [0.2, 0.25) is 0 Å². The number of carbonyl (C=O) groups excluding carboxylic acids is 2. The molecule has 0 fully saturated rings. The van der Waals surface area contributed by atoms with Crippen LogP contribution in [0.3, 0.4) is 0 Å². The summed E-state index contributed by atoms with van der Waals surface area (Å²) in [7, 11) is 4.97. The summed E-state index contributed by atoms with van der Waals surface area (Å²) >= 11 is 0. The number of hydrogen-bond acceptors (Lipinski definition) is 3. The molecule has 19 heavy (non-hydrogen) atoms. The standard InChI is InChI=1S/C13H20N4O2/c1-10(11-5-7-14-8-6-11)17(4)12(18)9-15-13(19)16(2)3/h5-8,10H,9H2,1-4H3,(H,15,19)/t10-/m0/s1. The molecule has 0 radical (unpaired) electrons. The summed E-state index contributed by atoms with van der Waals surface area (Å²) in [5, 5.41) is 2.55. The minimum atomic E-state index is -0.279. The molecule has 0 bridgehead atoms. The van der Waals surface area contributed by atoms with E-state index in [0.717, 1.165) is 5.56 Å². The smallest absolute Gasteiger partial charge is 0.317 e. The van der Waals surface area contributed by atoms with Gasteiger partial charge in [0.1, 0.15) is 0 Å². The summed E-state index contributed by atoms with van der Waals surface area (Å²) in [6, 6.07) is 3.39. The molecule has 1 aromatic rings. The van der Waals surface area contributed by atoms with Crippen molar-refractivity contribution in [2.24, 2.45) is 0 Å². The van der Waals surface area contributed by atoms with Gasteiger partial charge >= 0.3 is 6.03 Å². The van der Waals surface area contributed by atoms with E-state index in [-0.39, 0.29) is 24.5 Å². The van der Waals surface area contributed by atoms with Crippen LogP contribution in [0, 0.1) is 0 Å². The number of aromatic nitrogens is 1. The van der Waals surface area contributed by atoms with Gasteiger partial charge < -0.3 is 15.1 Å². The van der Waals surface area contributed by atoms with E-state index >= 15 is 0 Å². The molecule has 0 saturated heterocycles. The molecule has 0 aliphatic rings. The second-order valence-electron chi connectivity index (χ2n) is 4.51. The second kappa shape index (κ2) is 6.72. The Kier molecular flexibility index (Phi) is 5.29. The Morgan fingerprint density at radius 3 is 2.37 bits per heavy atom. The third-order valence-electron chi connectivity index (χ3n) is 2.96. The van der Waals surface area contributed by atoms with Crippen LogP contribution in [0.1, 0.15) is 18.5 Å². The Morgan fingerprint density at radius 2 is 1.84 bits per heavy atom. The SMILES string of the molecule is C[C@@H](c1ccncc1)N(C)C(=O)CNC(=O)N(C)C. The van der Waals surface area contributed by atoms with Crippen molar-refractivity contribution in [2.75, 3.05) is 27.7 Å². The summed E-state index contributed by atoms with van der Waals surface area (Å²) in [6.07, 6.45) is 3.38. The normalized spacial score (nSPS) is 11.6. The number of pyridine rings is 1. The fourth-order valence-corrected chi connectivity index (χ4v) is 1.52. The van der Waals surface area contributed by atoms with Crippen LogP contribution >= 0.6 is 0 Å². The third kappa shape index (κ3) is 4.24. The van der Waals surface area contributed by atoms with Crippen LogP contribution in [0.5, 0.6) is 0 Å². The van der Waals surface area contributed by atoms with E-state index in [9.17, 15) is 9.59 Å². The summed E-state index contributed by atoms with van der Waals surface area (Å²) < 4.78 is 0. The maximum Gasteiger partial charge on any atom is 0.317 e. The molecular formula is C13H20N4O2. The van der Waals surface area contributed by atoms with E-state index < -0.39 is 0 Å².